The minimum atomic E-state index is -0.536. The van der Waals surface area contributed by atoms with Crippen LogP contribution in [-0.4, -0.2) is 18.8 Å². The number of halogens is 2. The van der Waals surface area contributed by atoms with E-state index in [1.165, 1.54) is 30.3 Å². The standard InChI is InChI=1S/C15H11ClFNO3/c16-11-5-6-14(10(7-11)8-19)21-9-15(20)18-13-4-2-1-3-12(13)17/h1-8H,9H2,(H,18,20). The second kappa shape index (κ2) is 6.85. The Morgan fingerprint density at radius 1 is 1.29 bits per heavy atom. The Kier molecular flexibility index (Phi) is 4.90. The van der Waals surface area contributed by atoms with E-state index >= 15 is 0 Å². The van der Waals surface area contributed by atoms with E-state index in [1.807, 2.05) is 0 Å². The van der Waals surface area contributed by atoms with Crippen molar-refractivity contribution in [2.45, 2.75) is 0 Å². The summed E-state index contributed by atoms with van der Waals surface area (Å²) in [5.41, 5.74) is 0.305. The van der Waals surface area contributed by atoms with E-state index in [9.17, 15) is 14.0 Å². The van der Waals surface area contributed by atoms with Gasteiger partial charge in [0.05, 0.1) is 11.3 Å². The largest absolute Gasteiger partial charge is 0.483 e. The second-order valence-electron chi connectivity index (χ2n) is 4.12. The van der Waals surface area contributed by atoms with Gasteiger partial charge >= 0.3 is 0 Å². The molecule has 1 N–H and O–H groups in total. The zero-order valence-corrected chi connectivity index (χ0v) is 11.6. The van der Waals surface area contributed by atoms with Crippen LogP contribution in [0.2, 0.25) is 5.02 Å². The van der Waals surface area contributed by atoms with Crippen LogP contribution in [0.5, 0.6) is 5.75 Å². The molecule has 2 rings (SSSR count). The number of aldehydes is 1. The first-order valence-electron chi connectivity index (χ1n) is 6.02. The van der Waals surface area contributed by atoms with Gasteiger partial charge in [0.15, 0.2) is 12.9 Å². The first kappa shape index (κ1) is 15.0. The predicted molar refractivity (Wildman–Crippen MR) is 77.4 cm³/mol. The van der Waals surface area contributed by atoms with Crippen LogP contribution >= 0.6 is 11.6 Å². The quantitative estimate of drug-likeness (QED) is 0.862. The van der Waals surface area contributed by atoms with Crippen molar-refractivity contribution in [1.82, 2.24) is 0 Å². The number of amides is 1. The van der Waals surface area contributed by atoms with Gasteiger partial charge in [-0.2, -0.15) is 0 Å². The Morgan fingerprint density at radius 3 is 2.76 bits per heavy atom. The maximum absolute atomic E-state index is 13.4. The summed E-state index contributed by atoms with van der Waals surface area (Å²) in [5.74, 6) is -0.837. The summed E-state index contributed by atoms with van der Waals surface area (Å²) in [6.07, 6.45) is 0.579. The van der Waals surface area contributed by atoms with Crippen molar-refractivity contribution in [3.05, 3.63) is 58.9 Å². The van der Waals surface area contributed by atoms with Gasteiger partial charge in [-0.1, -0.05) is 23.7 Å². The number of carbonyl (C=O) groups is 2. The van der Waals surface area contributed by atoms with Crippen molar-refractivity contribution >= 4 is 29.5 Å². The fourth-order valence-corrected chi connectivity index (χ4v) is 1.82. The minimum Gasteiger partial charge on any atom is -0.483 e. The van der Waals surface area contributed by atoms with Gasteiger partial charge in [0.1, 0.15) is 11.6 Å². The van der Waals surface area contributed by atoms with Gasteiger partial charge in [0.25, 0.3) is 5.91 Å². The molecule has 0 aliphatic heterocycles. The van der Waals surface area contributed by atoms with Crippen molar-refractivity contribution in [1.29, 1.82) is 0 Å². The summed E-state index contributed by atoms with van der Waals surface area (Å²) in [6.45, 7) is -0.350. The molecule has 0 bridgehead atoms. The molecule has 6 heteroatoms. The summed E-state index contributed by atoms with van der Waals surface area (Å²) in [7, 11) is 0. The van der Waals surface area contributed by atoms with E-state index in [0.717, 1.165) is 0 Å². The lowest BCUT2D eigenvalue weighted by Gasteiger charge is -2.09. The van der Waals surface area contributed by atoms with Gasteiger partial charge in [-0.15, -0.1) is 0 Å². The number of anilines is 1. The number of rotatable bonds is 5. The molecule has 0 saturated carbocycles. The van der Waals surface area contributed by atoms with Crippen LogP contribution in [0.15, 0.2) is 42.5 Å². The maximum Gasteiger partial charge on any atom is 0.262 e. The Bertz CT molecular complexity index is 676. The molecule has 0 radical (unpaired) electrons. The molecule has 4 nitrogen and oxygen atoms in total. The molecular formula is C15H11ClFNO3. The smallest absolute Gasteiger partial charge is 0.262 e. The average molecular weight is 308 g/mol. The highest BCUT2D eigenvalue weighted by molar-refractivity contribution is 6.30. The Hall–Kier alpha value is -2.40. The molecule has 2 aromatic carbocycles. The van der Waals surface area contributed by atoms with Crippen molar-refractivity contribution in [3.8, 4) is 5.75 Å². The molecule has 0 unspecified atom stereocenters. The van der Waals surface area contributed by atoms with E-state index in [0.29, 0.717) is 11.3 Å². The average Bonchev–Trinajstić information content (AvgIpc) is 2.48. The Morgan fingerprint density at radius 2 is 2.05 bits per heavy atom. The SMILES string of the molecule is O=Cc1cc(Cl)ccc1OCC(=O)Nc1ccccc1F. The van der Waals surface area contributed by atoms with Gasteiger partial charge < -0.3 is 10.1 Å². The van der Waals surface area contributed by atoms with Gasteiger partial charge in [0.2, 0.25) is 0 Å². The lowest BCUT2D eigenvalue weighted by Crippen LogP contribution is -2.21. The summed E-state index contributed by atoms with van der Waals surface area (Å²) >= 11 is 5.75. The lowest BCUT2D eigenvalue weighted by atomic mass is 10.2. The van der Waals surface area contributed by atoms with E-state index in [1.54, 1.807) is 12.1 Å². The van der Waals surface area contributed by atoms with Gasteiger partial charge in [-0.05, 0) is 30.3 Å². The molecule has 0 aromatic heterocycles. The van der Waals surface area contributed by atoms with Gasteiger partial charge in [-0.3, -0.25) is 9.59 Å². The summed E-state index contributed by atoms with van der Waals surface area (Å²) in [5, 5.41) is 2.77. The monoisotopic (exact) mass is 307 g/mol. The minimum absolute atomic E-state index is 0.0674. The van der Waals surface area contributed by atoms with E-state index in [-0.39, 0.29) is 23.6 Å². The molecule has 21 heavy (non-hydrogen) atoms. The Labute approximate surface area is 125 Å². The number of hydrogen-bond donors (Lipinski definition) is 1. The fourth-order valence-electron chi connectivity index (χ4n) is 1.64. The van der Waals surface area contributed by atoms with Crippen LogP contribution in [0.1, 0.15) is 10.4 Å². The molecule has 108 valence electrons. The highest BCUT2D eigenvalue weighted by Crippen LogP contribution is 2.21. The van der Waals surface area contributed by atoms with Crippen LogP contribution < -0.4 is 10.1 Å². The van der Waals surface area contributed by atoms with Crippen LogP contribution in [0.4, 0.5) is 10.1 Å². The molecule has 0 aliphatic rings. The van der Waals surface area contributed by atoms with E-state index < -0.39 is 11.7 Å². The highest BCUT2D eigenvalue weighted by Gasteiger charge is 2.09. The molecular weight excluding hydrogens is 297 g/mol. The predicted octanol–water partition coefficient (Wildman–Crippen LogP) is 3.31. The number of benzene rings is 2. The normalized spacial score (nSPS) is 10.0. The van der Waals surface area contributed by atoms with Crippen molar-refractivity contribution in [3.63, 3.8) is 0 Å². The third kappa shape index (κ3) is 4.03. The number of hydrogen-bond acceptors (Lipinski definition) is 3. The van der Waals surface area contributed by atoms with Crippen LogP contribution in [0.3, 0.4) is 0 Å². The second-order valence-corrected chi connectivity index (χ2v) is 4.55. The highest BCUT2D eigenvalue weighted by atomic mass is 35.5. The lowest BCUT2D eigenvalue weighted by molar-refractivity contribution is -0.118. The van der Waals surface area contributed by atoms with Crippen LogP contribution in [-0.2, 0) is 4.79 Å². The summed E-state index contributed by atoms with van der Waals surface area (Å²) in [4.78, 5) is 22.6. The molecule has 1 amide bonds. The summed E-state index contributed by atoms with van der Waals surface area (Å²) < 4.78 is 18.6. The zero-order chi connectivity index (χ0) is 15.2. The Balaban J connectivity index is 1.99. The molecule has 0 fully saturated rings. The molecule has 0 spiro atoms. The van der Waals surface area contributed by atoms with Crippen molar-refractivity contribution in [2.24, 2.45) is 0 Å². The number of para-hydroxylation sites is 1. The first-order chi connectivity index (χ1) is 10.1. The maximum atomic E-state index is 13.4. The topological polar surface area (TPSA) is 55.4 Å². The third-order valence-corrected chi connectivity index (χ3v) is 2.84. The van der Waals surface area contributed by atoms with E-state index in [4.69, 9.17) is 16.3 Å². The van der Waals surface area contributed by atoms with E-state index in [2.05, 4.69) is 5.32 Å². The number of nitrogens with one attached hydrogen (secondary N) is 1. The molecule has 0 atom stereocenters. The zero-order valence-electron chi connectivity index (χ0n) is 10.8. The van der Waals surface area contributed by atoms with Crippen LogP contribution in [0, 0.1) is 5.82 Å². The molecule has 2 aromatic rings. The number of ether oxygens (including phenoxy) is 1. The molecule has 0 heterocycles. The third-order valence-electron chi connectivity index (χ3n) is 2.61. The van der Waals surface area contributed by atoms with Crippen molar-refractivity contribution < 1.29 is 18.7 Å². The van der Waals surface area contributed by atoms with Crippen molar-refractivity contribution in [2.75, 3.05) is 11.9 Å². The van der Waals surface area contributed by atoms with Gasteiger partial charge in [0, 0.05) is 5.02 Å². The fraction of sp³-hybridized carbons (Fsp3) is 0.0667. The van der Waals surface area contributed by atoms with Crippen LogP contribution in [0.25, 0.3) is 0 Å². The first-order valence-corrected chi connectivity index (χ1v) is 6.40. The molecule has 0 aliphatic carbocycles. The molecule has 0 saturated heterocycles. The number of carbonyl (C=O) groups excluding carboxylic acids is 2. The van der Waals surface area contributed by atoms with Gasteiger partial charge in [-0.25, -0.2) is 4.39 Å². The summed E-state index contributed by atoms with van der Waals surface area (Å²) in [6, 6.07) is 10.3.